The molecule has 2 nitrogen and oxygen atoms in total. The Labute approximate surface area is 51.4 Å². The summed E-state index contributed by atoms with van der Waals surface area (Å²) < 4.78 is 0. The fourth-order valence-corrected chi connectivity index (χ4v) is 1.55. The van der Waals surface area contributed by atoms with E-state index in [1.54, 1.807) is 18.0 Å². The van der Waals surface area contributed by atoms with E-state index in [9.17, 15) is 0 Å². The average molecular weight is 124 g/mol. The second-order valence-electron chi connectivity index (χ2n) is 1.62. The molecule has 0 radical (unpaired) electrons. The molecule has 2 aliphatic heterocycles. The maximum absolute atomic E-state index is 3.88. The number of hydrogen-bond acceptors (Lipinski definition) is 3. The van der Waals surface area contributed by atoms with Crippen molar-refractivity contribution < 1.29 is 0 Å². The van der Waals surface area contributed by atoms with E-state index >= 15 is 0 Å². The minimum atomic E-state index is 1.07. The van der Waals surface area contributed by atoms with Gasteiger partial charge >= 0.3 is 0 Å². The minimum absolute atomic E-state index is 1.07. The van der Waals surface area contributed by atoms with Crippen LogP contribution in [0.2, 0.25) is 0 Å². The van der Waals surface area contributed by atoms with E-state index in [4.69, 9.17) is 0 Å². The normalized spacial score (nSPS) is 23.0. The van der Waals surface area contributed by atoms with Crippen molar-refractivity contribution in [2.75, 3.05) is 5.75 Å². The van der Waals surface area contributed by atoms with Crippen LogP contribution in [0.15, 0.2) is 21.9 Å². The van der Waals surface area contributed by atoms with Gasteiger partial charge in [-0.05, 0) is 0 Å². The summed E-state index contributed by atoms with van der Waals surface area (Å²) in [5.74, 6) is 1.07. The average Bonchev–Trinajstić information content (AvgIpc) is 2.15. The van der Waals surface area contributed by atoms with Gasteiger partial charge in [0.1, 0.15) is 5.04 Å². The summed E-state index contributed by atoms with van der Waals surface area (Å²) in [6.45, 7) is 0. The van der Waals surface area contributed by atoms with E-state index in [1.807, 2.05) is 0 Å². The molecule has 0 aromatic heterocycles. The predicted octanol–water partition coefficient (Wildman–Crippen LogP) is 1.06. The number of fused-ring (bicyclic) bond motifs is 1. The van der Waals surface area contributed by atoms with Crippen molar-refractivity contribution in [2.45, 2.75) is 0 Å². The number of hydrogen-bond donors (Lipinski definition) is 0. The van der Waals surface area contributed by atoms with Gasteiger partial charge in [0.2, 0.25) is 0 Å². The van der Waals surface area contributed by atoms with E-state index < -0.39 is 0 Å². The predicted molar refractivity (Wildman–Crippen MR) is 36.5 cm³/mol. The van der Waals surface area contributed by atoms with Crippen LogP contribution in [0.1, 0.15) is 0 Å². The van der Waals surface area contributed by atoms with Crippen LogP contribution in [0.25, 0.3) is 0 Å². The van der Waals surface area contributed by atoms with Crippen molar-refractivity contribution in [3.8, 4) is 0 Å². The highest BCUT2D eigenvalue weighted by Gasteiger charge is 2.14. The first kappa shape index (κ1) is 4.32. The van der Waals surface area contributed by atoms with Gasteiger partial charge in [-0.2, -0.15) is 5.10 Å². The van der Waals surface area contributed by atoms with Crippen LogP contribution in [-0.4, -0.2) is 17.0 Å². The van der Waals surface area contributed by atoms with Crippen molar-refractivity contribution >= 4 is 23.0 Å². The third-order valence-electron chi connectivity index (χ3n) is 1.12. The summed E-state index contributed by atoms with van der Waals surface area (Å²) in [6, 6.07) is 0. The quantitative estimate of drug-likeness (QED) is 0.474. The molecule has 0 saturated carbocycles. The molecule has 0 aromatic rings. The van der Waals surface area contributed by atoms with Crippen LogP contribution in [0, 0.1) is 0 Å². The molecular weight excluding hydrogens is 120 g/mol. The molecule has 0 aliphatic carbocycles. The van der Waals surface area contributed by atoms with Crippen LogP contribution in [0.3, 0.4) is 0 Å². The molecule has 3 heteroatoms. The van der Waals surface area contributed by atoms with Crippen LogP contribution in [-0.2, 0) is 0 Å². The van der Waals surface area contributed by atoms with Crippen molar-refractivity contribution in [1.29, 1.82) is 0 Å². The topological polar surface area (TPSA) is 24.7 Å². The first-order valence-electron chi connectivity index (χ1n) is 2.41. The molecule has 0 N–H and O–H groups in total. The molecule has 2 heterocycles. The lowest BCUT2D eigenvalue weighted by molar-refractivity contribution is 1.29. The zero-order valence-electron chi connectivity index (χ0n) is 4.16. The Bertz CT molecular complexity index is 202. The van der Waals surface area contributed by atoms with Gasteiger partial charge in [-0.3, -0.25) is 0 Å². The van der Waals surface area contributed by atoms with Crippen molar-refractivity contribution in [2.24, 2.45) is 10.2 Å². The number of rotatable bonds is 0. The molecule has 0 unspecified atom stereocenters. The fourth-order valence-electron chi connectivity index (χ4n) is 0.719. The van der Waals surface area contributed by atoms with Crippen molar-refractivity contribution in [3.05, 3.63) is 11.6 Å². The molecule has 0 bridgehead atoms. The molecule has 2 rings (SSSR count). The zero-order valence-corrected chi connectivity index (χ0v) is 4.98. The maximum Gasteiger partial charge on any atom is 0.128 e. The molecule has 0 fully saturated rings. The Morgan fingerprint density at radius 1 is 1.62 bits per heavy atom. The molecule has 0 saturated heterocycles. The van der Waals surface area contributed by atoms with Gasteiger partial charge in [0, 0.05) is 11.3 Å². The number of thioether (sulfide) groups is 1. The lowest BCUT2D eigenvalue weighted by Gasteiger charge is -1.82. The second-order valence-corrected chi connectivity index (χ2v) is 2.63. The van der Waals surface area contributed by atoms with Crippen LogP contribution in [0.4, 0.5) is 0 Å². The van der Waals surface area contributed by atoms with Crippen LogP contribution < -0.4 is 0 Å². The largest absolute Gasteiger partial charge is 0.157 e. The van der Waals surface area contributed by atoms with Gasteiger partial charge in [0.25, 0.3) is 0 Å². The highest BCUT2D eigenvalue weighted by Crippen LogP contribution is 2.22. The molecule has 0 spiro atoms. The third-order valence-corrected chi connectivity index (χ3v) is 2.04. The zero-order chi connectivity index (χ0) is 5.40. The lowest BCUT2D eigenvalue weighted by atomic mass is 10.3. The van der Waals surface area contributed by atoms with E-state index in [0.717, 1.165) is 10.8 Å². The van der Waals surface area contributed by atoms with Crippen LogP contribution >= 0.6 is 11.8 Å². The fraction of sp³-hybridized carbons (Fsp3) is 0.200. The Balaban J connectivity index is 2.49. The molecule has 8 heavy (non-hydrogen) atoms. The molecule has 0 aromatic carbocycles. The van der Waals surface area contributed by atoms with Gasteiger partial charge in [0.05, 0.1) is 6.21 Å². The maximum atomic E-state index is 3.88. The van der Waals surface area contributed by atoms with E-state index in [-0.39, 0.29) is 0 Å². The Hall–Kier alpha value is -0.570. The SMILES string of the molecule is C1=NN=C2SCC=C12. The van der Waals surface area contributed by atoms with E-state index in [0.29, 0.717) is 0 Å². The Morgan fingerprint density at radius 3 is 3.50 bits per heavy atom. The Morgan fingerprint density at radius 2 is 2.62 bits per heavy atom. The first-order valence-corrected chi connectivity index (χ1v) is 3.40. The molecule has 40 valence electrons. The molecule has 2 aliphatic rings. The first-order chi connectivity index (χ1) is 3.97. The van der Waals surface area contributed by atoms with Gasteiger partial charge in [-0.25, -0.2) is 0 Å². The van der Waals surface area contributed by atoms with Crippen molar-refractivity contribution in [3.63, 3.8) is 0 Å². The minimum Gasteiger partial charge on any atom is -0.157 e. The monoisotopic (exact) mass is 124 g/mol. The van der Waals surface area contributed by atoms with E-state index in [2.05, 4.69) is 16.3 Å². The van der Waals surface area contributed by atoms with Crippen LogP contribution in [0.5, 0.6) is 0 Å². The number of nitrogens with zero attached hydrogens (tertiary/aromatic N) is 2. The standard InChI is InChI=1S/C5H4N2S/c1-2-8-5-4(1)3-6-7-5/h1,3H,2H2. The highest BCUT2D eigenvalue weighted by molar-refractivity contribution is 8.15. The Kier molecular flexibility index (Phi) is 0.784. The summed E-state index contributed by atoms with van der Waals surface area (Å²) >= 11 is 1.75. The van der Waals surface area contributed by atoms with E-state index in [1.165, 1.54) is 5.57 Å². The van der Waals surface area contributed by atoms with Gasteiger partial charge in [-0.1, -0.05) is 17.8 Å². The van der Waals surface area contributed by atoms with Gasteiger partial charge < -0.3 is 0 Å². The molecular formula is C5H4N2S. The van der Waals surface area contributed by atoms with Gasteiger partial charge in [-0.15, -0.1) is 5.10 Å². The third kappa shape index (κ3) is 0.448. The van der Waals surface area contributed by atoms with Gasteiger partial charge in [0.15, 0.2) is 0 Å². The highest BCUT2D eigenvalue weighted by atomic mass is 32.2. The second kappa shape index (κ2) is 1.45. The molecule has 0 atom stereocenters. The summed E-state index contributed by atoms with van der Waals surface area (Å²) in [5, 5.41) is 8.71. The van der Waals surface area contributed by atoms with Crippen molar-refractivity contribution in [1.82, 2.24) is 0 Å². The summed E-state index contributed by atoms with van der Waals surface area (Å²) in [5.41, 5.74) is 1.20. The lowest BCUT2D eigenvalue weighted by Crippen LogP contribution is -1.84. The summed E-state index contributed by atoms with van der Waals surface area (Å²) in [6.07, 6.45) is 3.94. The smallest absolute Gasteiger partial charge is 0.128 e. The molecule has 0 amide bonds. The summed E-state index contributed by atoms with van der Waals surface area (Å²) in [4.78, 5) is 0. The summed E-state index contributed by atoms with van der Waals surface area (Å²) in [7, 11) is 0.